The van der Waals surface area contributed by atoms with E-state index in [0.717, 1.165) is 29.2 Å². The second-order valence-corrected chi connectivity index (χ2v) is 8.55. The molecule has 0 unspecified atom stereocenters. The fourth-order valence-electron chi connectivity index (χ4n) is 4.77. The number of fused-ring (bicyclic) bond motifs is 4. The Morgan fingerprint density at radius 1 is 1.07 bits per heavy atom. The summed E-state index contributed by atoms with van der Waals surface area (Å²) >= 11 is 6.33. The predicted octanol–water partition coefficient (Wildman–Crippen LogP) is 5.91. The van der Waals surface area contributed by atoms with Crippen molar-refractivity contribution in [3.63, 3.8) is 0 Å². The van der Waals surface area contributed by atoms with Crippen molar-refractivity contribution < 1.29 is 4.74 Å². The Bertz CT molecular complexity index is 930. The molecule has 3 aliphatic rings. The monoisotopic (exact) mass is 380 g/mol. The van der Waals surface area contributed by atoms with E-state index in [1.165, 1.54) is 41.6 Å². The first-order chi connectivity index (χ1) is 13.1. The summed E-state index contributed by atoms with van der Waals surface area (Å²) in [6.45, 7) is 4.32. The lowest BCUT2D eigenvalue weighted by atomic mass is 9.87. The van der Waals surface area contributed by atoms with Gasteiger partial charge in [-0.15, -0.1) is 0 Å². The van der Waals surface area contributed by atoms with Gasteiger partial charge in [0.2, 0.25) is 0 Å². The van der Waals surface area contributed by atoms with Crippen LogP contribution in [0.2, 0.25) is 5.02 Å². The van der Waals surface area contributed by atoms with Crippen LogP contribution in [0.1, 0.15) is 60.4 Å². The first kappa shape index (κ1) is 17.2. The summed E-state index contributed by atoms with van der Waals surface area (Å²) in [6, 6.07) is 12.8. The van der Waals surface area contributed by atoms with Gasteiger partial charge in [-0.2, -0.15) is 5.01 Å². The zero-order valence-electron chi connectivity index (χ0n) is 15.9. The van der Waals surface area contributed by atoms with Crippen LogP contribution in [0.4, 0.5) is 0 Å². The van der Waals surface area contributed by atoms with Gasteiger partial charge in [0.15, 0.2) is 5.72 Å². The molecule has 4 heteroatoms. The standard InChI is InChI=1S/C23H25ClN2O/c1-15-6-7-16(2)18(12-15)20-14-21-19-13-17(24)8-9-22(19)27-23(26(21)25-20)10-4-3-5-11-23/h6-9,12-14,21,25H,3-5,10-11H2,1-2H3/t21-/m0/s1. The van der Waals surface area contributed by atoms with Gasteiger partial charge >= 0.3 is 0 Å². The van der Waals surface area contributed by atoms with Gasteiger partial charge in [-0.05, 0) is 62.6 Å². The molecule has 27 heavy (non-hydrogen) atoms. The fraction of sp³-hybridized carbons (Fsp3) is 0.391. The van der Waals surface area contributed by atoms with Crippen LogP contribution in [0.3, 0.4) is 0 Å². The second kappa shape index (κ2) is 6.29. The molecule has 2 aromatic rings. The van der Waals surface area contributed by atoms with Gasteiger partial charge in [-0.25, -0.2) is 0 Å². The normalized spacial score (nSPS) is 23.2. The van der Waals surface area contributed by atoms with Gasteiger partial charge in [-0.1, -0.05) is 35.7 Å². The van der Waals surface area contributed by atoms with Crippen LogP contribution in [0.25, 0.3) is 5.70 Å². The Hall–Kier alpha value is -1.97. The third-order valence-corrected chi connectivity index (χ3v) is 6.43. The predicted molar refractivity (Wildman–Crippen MR) is 110 cm³/mol. The second-order valence-electron chi connectivity index (χ2n) is 8.12. The van der Waals surface area contributed by atoms with Crippen molar-refractivity contribution >= 4 is 17.3 Å². The number of aryl methyl sites for hydroxylation is 2. The van der Waals surface area contributed by atoms with E-state index in [1.54, 1.807) is 0 Å². The minimum atomic E-state index is -0.278. The molecule has 1 N–H and O–H groups in total. The third-order valence-electron chi connectivity index (χ3n) is 6.19. The number of hydrazine groups is 1. The molecule has 3 nitrogen and oxygen atoms in total. The van der Waals surface area contributed by atoms with Crippen LogP contribution in [0.15, 0.2) is 42.5 Å². The van der Waals surface area contributed by atoms with Gasteiger partial charge in [0.1, 0.15) is 5.75 Å². The van der Waals surface area contributed by atoms with Gasteiger partial charge in [-0.3, -0.25) is 0 Å². The Morgan fingerprint density at radius 2 is 1.89 bits per heavy atom. The molecular formula is C23H25ClN2O. The number of hydrogen-bond acceptors (Lipinski definition) is 3. The Kier molecular flexibility index (Phi) is 3.99. The van der Waals surface area contributed by atoms with Gasteiger partial charge in [0.05, 0.1) is 11.7 Å². The summed E-state index contributed by atoms with van der Waals surface area (Å²) in [5, 5.41) is 3.10. The van der Waals surface area contributed by atoms with Crippen LogP contribution in [0.5, 0.6) is 5.75 Å². The van der Waals surface area contributed by atoms with Gasteiger partial charge in [0, 0.05) is 29.0 Å². The summed E-state index contributed by atoms with van der Waals surface area (Å²) < 4.78 is 6.64. The maximum atomic E-state index is 6.64. The largest absolute Gasteiger partial charge is 0.471 e. The van der Waals surface area contributed by atoms with E-state index in [9.17, 15) is 0 Å². The topological polar surface area (TPSA) is 24.5 Å². The molecule has 0 saturated heterocycles. The summed E-state index contributed by atoms with van der Waals surface area (Å²) in [6.07, 6.45) is 8.13. The molecule has 1 aliphatic carbocycles. The quantitative estimate of drug-likeness (QED) is 0.665. The van der Waals surface area contributed by atoms with E-state index < -0.39 is 0 Å². The highest BCUT2D eigenvalue weighted by molar-refractivity contribution is 6.30. The number of nitrogens with one attached hydrogen (secondary N) is 1. The van der Waals surface area contributed by atoms with Crippen LogP contribution in [0, 0.1) is 13.8 Å². The number of nitrogens with zero attached hydrogens (tertiary/aromatic N) is 1. The van der Waals surface area contributed by atoms with E-state index in [-0.39, 0.29) is 11.8 Å². The molecule has 0 aromatic heterocycles. The van der Waals surface area contributed by atoms with Crippen molar-refractivity contribution in [1.82, 2.24) is 10.4 Å². The van der Waals surface area contributed by atoms with E-state index in [0.29, 0.717) is 0 Å². The molecule has 0 bridgehead atoms. The highest BCUT2D eigenvalue weighted by Gasteiger charge is 2.50. The van der Waals surface area contributed by atoms with Crippen LogP contribution < -0.4 is 10.2 Å². The molecule has 0 radical (unpaired) electrons. The average Bonchev–Trinajstić information content (AvgIpc) is 3.12. The minimum Gasteiger partial charge on any atom is -0.471 e. The molecule has 2 heterocycles. The summed E-state index contributed by atoms with van der Waals surface area (Å²) in [5.41, 5.74) is 9.58. The van der Waals surface area contributed by atoms with Crippen molar-refractivity contribution in [3.05, 3.63) is 69.8 Å². The maximum absolute atomic E-state index is 6.64. The molecule has 1 saturated carbocycles. The molecule has 5 rings (SSSR count). The van der Waals surface area contributed by atoms with Gasteiger partial charge in [0.25, 0.3) is 0 Å². The molecule has 1 fully saturated rings. The fourth-order valence-corrected chi connectivity index (χ4v) is 4.95. The van der Waals surface area contributed by atoms with E-state index in [2.05, 4.69) is 54.6 Å². The van der Waals surface area contributed by atoms with Crippen molar-refractivity contribution in [3.8, 4) is 5.75 Å². The zero-order valence-corrected chi connectivity index (χ0v) is 16.6. The first-order valence-electron chi connectivity index (χ1n) is 9.90. The number of halogens is 1. The zero-order chi connectivity index (χ0) is 18.6. The smallest absolute Gasteiger partial charge is 0.180 e. The van der Waals surface area contributed by atoms with Gasteiger partial charge < -0.3 is 10.2 Å². The van der Waals surface area contributed by atoms with Crippen LogP contribution in [-0.4, -0.2) is 10.7 Å². The van der Waals surface area contributed by atoms with Crippen molar-refractivity contribution in [2.75, 3.05) is 0 Å². The lowest BCUT2D eigenvalue weighted by molar-refractivity contribution is -0.150. The highest BCUT2D eigenvalue weighted by Crippen LogP contribution is 2.50. The summed E-state index contributed by atoms with van der Waals surface area (Å²) in [7, 11) is 0. The number of benzene rings is 2. The number of rotatable bonds is 1. The average molecular weight is 381 g/mol. The molecule has 1 atom stereocenters. The SMILES string of the molecule is Cc1ccc(C)c(C2=C[C@H]3c4cc(Cl)ccc4OC4(CCCCC4)N3N2)c1. The summed E-state index contributed by atoms with van der Waals surface area (Å²) in [5.74, 6) is 0.975. The molecule has 140 valence electrons. The first-order valence-corrected chi connectivity index (χ1v) is 10.3. The minimum absolute atomic E-state index is 0.139. The van der Waals surface area contributed by atoms with E-state index in [1.807, 2.05) is 12.1 Å². The Morgan fingerprint density at radius 3 is 2.70 bits per heavy atom. The van der Waals surface area contributed by atoms with Crippen LogP contribution >= 0.6 is 11.6 Å². The third kappa shape index (κ3) is 2.76. The lowest BCUT2D eigenvalue weighted by Gasteiger charge is -2.50. The maximum Gasteiger partial charge on any atom is 0.180 e. The van der Waals surface area contributed by atoms with Crippen LogP contribution in [-0.2, 0) is 0 Å². The highest BCUT2D eigenvalue weighted by atomic mass is 35.5. The number of hydrogen-bond donors (Lipinski definition) is 1. The molecule has 0 amide bonds. The molecule has 2 aliphatic heterocycles. The molecule has 2 aromatic carbocycles. The van der Waals surface area contributed by atoms with Crippen molar-refractivity contribution in [1.29, 1.82) is 0 Å². The molecular weight excluding hydrogens is 356 g/mol. The molecule has 1 spiro atoms. The Labute approximate surface area is 165 Å². The van der Waals surface area contributed by atoms with Crippen molar-refractivity contribution in [2.45, 2.75) is 57.7 Å². The number of ether oxygens (including phenoxy) is 1. The van der Waals surface area contributed by atoms with Crippen molar-refractivity contribution in [2.24, 2.45) is 0 Å². The Balaban J connectivity index is 1.63. The summed E-state index contributed by atoms with van der Waals surface area (Å²) in [4.78, 5) is 0. The van der Waals surface area contributed by atoms with E-state index >= 15 is 0 Å². The lowest BCUT2D eigenvalue weighted by Crippen LogP contribution is -2.60. The van der Waals surface area contributed by atoms with E-state index in [4.69, 9.17) is 16.3 Å².